The Morgan fingerprint density at radius 3 is 2.26 bits per heavy atom. The number of hydrogen-bond donors (Lipinski definition) is 2. The highest BCUT2D eigenvalue weighted by molar-refractivity contribution is 5.98. The van der Waals surface area contributed by atoms with Gasteiger partial charge in [0.15, 0.2) is 17.6 Å². The number of rotatable bonds is 8. The normalized spacial score (nSPS) is 11.2. The zero-order chi connectivity index (χ0) is 19.6. The van der Waals surface area contributed by atoms with E-state index in [2.05, 4.69) is 10.9 Å². The summed E-state index contributed by atoms with van der Waals surface area (Å²) in [4.78, 5) is 24.6. The van der Waals surface area contributed by atoms with E-state index in [1.165, 1.54) is 7.11 Å². The third-order valence-corrected chi connectivity index (χ3v) is 3.63. The first-order chi connectivity index (χ1) is 13.1. The molecule has 0 spiro atoms. The van der Waals surface area contributed by atoms with Crippen LogP contribution in [0, 0.1) is 0 Å². The molecule has 0 radical (unpaired) electrons. The van der Waals surface area contributed by atoms with E-state index in [4.69, 9.17) is 14.2 Å². The second-order valence-electron chi connectivity index (χ2n) is 5.70. The zero-order valence-corrected chi connectivity index (χ0v) is 15.7. The van der Waals surface area contributed by atoms with Crippen molar-refractivity contribution in [3.63, 3.8) is 0 Å². The maximum atomic E-state index is 12.3. The van der Waals surface area contributed by atoms with Crippen molar-refractivity contribution in [2.75, 3.05) is 13.7 Å². The Balaban J connectivity index is 1.94. The summed E-state index contributed by atoms with van der Waals surface area (Å²) in [5, 5.41) is 0. The van der Waals surface area contributed by atoms with Crippen LogP contribution in [0.15, 0.2) is 48.5 Å². The molecule has 2 rings (SSSR count). The van der Waals surface area contributed by atoms with E-state index in [0.29, 0.717) is 29.4 Å². The van der Waals surface area contributed by atoms with Gasteiger partial charge in [-0.15, -0.1) is 0 Å². The molecule has 0 aliphatic heterocycles. The number of benzene rings is 2. The maximum Gasteiger partial charge on any atom is 0.279 e. The molecule has 1 atom stereocenters. The highest BCUT2D eigenvalue weighted by Gasteiger charge is 2.18. The van der Waals surface area contributed by atoms with Gasteiger partial charge in [-0.25, -0.2) is 0 Å². The number of hydrazine groups is 1. The maximum absolute atomic E-state index is 12.3. The average molecular weight is 372 g/mol. The van der Waals surface area contributed by atoms with E-state index >= 15 is 0 Å². The van der Waals surface area contributed by atoms with Crippen molar-refractivity contribution in [3.8, 4) is 17.2 Å². The Bertz CT molecular complexity index is 778. The lowest BCUT2D eigenvalue weighted by Crippen LogP contribution is -2.47. The van der Waals surface area contributed by atoms with Crippen LogP contribution in [0.2, 0.25) is 0 Å². The van der Waals surface area contributed by atoms with Gasteiger partial charge in [0.1, 0.15) is 5.75 Å². The highest BCUT2D eigenvalue weighted by Crippen LogP contribution is 2.26. The molecule has 0 heterocycles. The van der Waals surface area contributed by atoms with E-state index in [0.717, 1.165) is 6.42 Å². The van der Waals surface area contributed by atoms with Crippen LogP contribution in [0.1, 0.15) is 30.6 Å². The summed E-state index contributed by atoms with van der Waals surface area (Å²) in [5.74, 6) is 0.445. The van der Waals surface area contributed by atoms with Gasteiger partial charge >= 0.3 is 0 Å². The standard InChI is InChI=1S/C20H24N2O5/c1-4-13-26-16-10-6-5-9-15(16)20(24)22-21-19(23)14(2)27-18-12-8-7-11-17(18)25-3/h5-12,14H,4,13H2,1-3H3,(H,21,23)(H,22,24). The fourth-order valence-corrected chi connectivity index (χ4v) is 2.24. The van der Waals surface area contributed by atoms with Gasteiger partial charge in [0.2, 0.25) is 0 Å². The van der Waals surface area contributed by atoms with Crippen molar-refractivity contribution >= 4 is 11.8 Å². The minimum atomic E-state index is -0.840. The number of methoxy groups -OCH3 is 1. The minimum Gasteiger partial charge on any atom is -0.493 e. The smallest absolute Gasteiger partial charge is 0.279 e. The topological polar surface area (TPSA) is 85.9 Å². The molecule has 1 unspecified atom stereocenters. The van der Waals surface area contributed by atoms with Crippen LogP contribution in [0.25, 0.3) is 0 Å². The van der Waals surface area contributed by atoms with Gasteiger partial charge in [0.05, 0.1) is 19.3 Å². The van der Waals surface area contributed by atoms with Gasteiger partial charge < -0.3 is 14.2 Å². The van der Waals surface area contributed by atoms with Gasteiger partial charge in [-0.2, -0.15) is 0 Å². The van der Waals surface area contributed by atoms with Crippen LogP contribution >= 0.6 is 0 Å². The molecular weight excluding hydrogens is 348 g/mol. The summed E-state index contributed by atoms with van der Waals surface area (Å²) < 4.78 is 16.3. The van der Waals surface area contributed by atoms with E-state index in [9.17, 15) is 9.59 Å². The molecule has 0 aromatic heterocycles. The summed E-state index contributed by atoms with van der Waals surface area (Å²) in [6.45, 7) is 4.05. The van der Waals surface area contributed by atoms with Crippen LogP contribution in [0.3, 0.4) is 0 Å². The van der Waals surface area contributed by atoms with Gasteiger partial charge in [-0.05, 0) is 37.6 Å². The second kappa shape index (κ2) is 10.1. The van der Waals surface area contributed by atoms with Crippen molar-refractivity contribution in [2.24, 2.45) is 0 Å². The molecule has 0 aliphatic carbocycles. The predicted octanol–water partition coefficient (Wildman–Crippen LogP) is 2.71. The largest absolute Gasteiger partial charge is 0.493 e. The Hall–Kier alpha value is -3.22. The van der Waals surface area contributed by atoms with E-state index < -0.39 is 17.9 Å². The summed E-state index contributed by atoms with van der Waals surface area (Å²) in [6, 6.07) is 13.8. The number of amides is 2. The fourth-order valence-electron chi connectivity index (χ4n) is 2.24. The monoisotopic (exact) mass is 372 g/mol. The highest BCUT2D eigenvalue weighted by atomic mass is 16.5. The molecule has 2 aromatic carbocycles. The molecule has 0 saturated heterocycles. The molecule has 2 aromatic rings. The fraction of sp³-hybridized carbons (Fsp3) is 0.300. The van der Waals surface area contributed by atoms with Gasteiger partial charge in [0, 0.05) is 0 Å². The van der Waals surface area contributed by atoms with Crippen LogP contribution < -0.4 is 25.1 Å². The molecule has 27 heavy (non-hydrogen) atoms. The molecule has 2 amide bonds. The Morgan fingerprint density at radius 2 is 1.59 bits per heavy atom. The summed E-state index contributed by atoms with van der Waals surface area (Å²) in [5.41, 5.74) is 5.08. The molecule has 144 valence electrons. The van der Waals surface area contributed by atoms with Gasteiger partial charge in [0.25, 0.3) is 11.8 Å². The van der Waals surface area contributed by atoms with Crippen molar-refractivity contribution in [1.82, 2.24) is 10.9 Å². The first kappa shape index (κ1) is 20.1. The molecule has 7 nitrogen and oxygen atoms in total. The van der Waals surface area contributed by atoms with E-state index in [1.807, 2.05) is 6.92 Å². The minimum absolute atomic E-state index is 0.338. The average Bonchev–Trinajstić information content (AvgIpc) is 2.70. The summed E-state index contributed by atoms with van der Waals surface area (Å²) in [7, 11) is 1.52. The quantitative estimate of drug-likeness (QED) is 0.696. The zero-order valence-electron chi connectivity index (χ0n) is 15.7. The van der Waals surface area contributed by atoms with Crippen LogP contribution in [-0.4, -0.2) is 31.6 Å². The van der Waals surface area contributed by atoms with Crippen LogP contribution in [-0.2, 0) is 4.79 Å². The lowest BCUT2D eigenvalue weighted by Gasteiger charge is -2.17. The first-order valence-corrected chi connectivity index (χ1v) is 8.68. The third kappa shape index (κ3) is 5.64. The van der Waals surface area contributed by atoms with Crippen LogP contribution in [0.5, 0.6) is 17.2 Å². The first-order valence-electron chi connectivity index (χ1n) is 8.68. The molecule has 0 saturated carbocycles. The van der Waals surface area contributed by atoms with Crippen molar-refractivity contribution in [1.29, 1.82) is 0 Å². The molecule has 0 bridgehead atoms. The van der Waals surface area contributed by atoms with E-state index in [1.54, 1.807) is 55.5 Å². The van der Waals surface area contributed by atoms with Crippen LogP contribution in [0.4, 0.5) is 0 Å². The predicted molar refractivity (Wildman–Crippen MR) is 101 cm³/mol. The SMILES string of the molecule is CCCOc1ccccc1C(=O)NNC(=O)C(C)Oc1ccccc1OC. The summed E-state index contributed by atoms with van der Waals surface area (Å²) >= 11 is 0. The lowest BCUT2D eigenvalue weighted by molar-refractivity contribution is -0.128. The Kier molecular flexibility index (Phi) is 7.49. The number of carbonyl (C=O) groups is 2. The number of para-hydroxylation sites is 3. The van der Waals surface area contributed by atoms with E-state index in [-0.39, 0.29) is 0 Å². The molecule has 2 N–H and O–H groups in total. The lowest BCUT2D eigenvalue weighted by atomic mass is 10.2. The Morgan fingerprint density at radius 1 is 0.963 bits per heavy atom. The van der Waals surface area contributed by atoms with Gasteiger partial charge in [-0.1, -0.05) is 31.2 Å². The van der Waals surface area contributed by atoms with Gasteiger partial charge in [-0.3, -0.25) is 20.4 Å². The second-order valence-corrected chi connectivity index (χ2v) is 5.70. The summed E-state index contributed by atoms with van der Waals surface area (Å²) in [6.07, 6.45) is -0.0157. The molecular formula is C20H24N2O5. The van der Waals surface area contributed by atoms with Crippen molar-refractivity contribution < 1.29 is 23.8 Å². The van der Waals surface area contributed by atoms with Crippen molar-refractivity contribution in [2.45, 2.75) is 26.4 Å². The molecule has 7 heteroatoms. The number of carbonyl (C=O) groups excluding carboxylic acids is 2. The Labute approximate surface area is 158 Å². The molecule has 0 fully saturated rings. The molecule has 0 aliphatic rings. The number of hydrogen-bond acceptors (Lipinski definition) is 5. The number of ether oxygens (including phenoxy) is 3. The third-order valence-electron chi connectivity index (χ3n) is 3.63. The number of nitrogens with one attached hydrogen (secondary N) is 2. The van der Waals surface area contributed by atoms with Crippen molar-refractivity contribution in [3.05, 3.63) is 54.1 Å².